The quantitative estimate of drug-likeness (QED) is 0.779. The van der Waals surface area contributed by atoms with Gasteiger partial charge in [0.15, 0.2) is 5.76 Å². The lowest BCUT2D eigenvalue weighted by atomic mass is 10.2. The number of aromatic amines is 1. The minimum atomic E-state index is -0.707. The van der Waals surface area contributed by atoms with Gasteiger partial charge < -0.3 is 4.42 Å². The first-order valence-corrected chi connectivity index (χ1v) is 6.41. The van der Waals surface area contributed by atoms with Gasteiger partial charge in [-0.05, 0) is 0 Å². The number of benzene rings is 1. The molecule has 0 bridgehead atoms. The van der Waals surface area contributed by atoms with Gasteiger partial charge in [0.25, 0.3) is 5.56 Å². The first-order valence-electron chi connectivity index (χ1n) is 6.41. The third kappa shape index (κ3) is 2.58. The molecule has 1 aromatic carbocycles. The number of hydrogen-bond donors (Lipinski definition) is 1. The summed E-state index contributed by atoms with van der Waals surface area (Å²) in [6, 6.07) is 11.1. The SMILES string of the molecule is N#Cc1cn(Cc2ncc(-c3ccccc3)o2)c(=O)[nH]c1=O. The molecule has 108 valence electrons. The molecule has 0 fully saturated rings. The molecule has 0 spiro atoms. The van der Waals surface area contributed by atoms with Crippen LogP contribution in [0, 0.1) is 11.3 Å². The van der Waals surface area contributed by atoms with E-state index in [2.05, 4.69) is 9.97 Å². The highest BCUT2D eigenvalue weighted by Gasteiger charge is 2.09. The van der Waals surface area contributed by atoms with Crippen molar-refractivity contribution in [3.05, 3.63) is 75.0 Å². The van der Waals surface area contributed by atoms with E-state index in [9.17, 15) is 9.59 Å². The lowest BCUT2D eigenvalue weighted by Gasteiger charge is -2.01. The van der Waals surface area contributed by atoms with Crippen LogP contribution < -0.4 is 11.2 Å². The van der Waals surface area contributed by atoms with Crippen LogP contribution >= 0.6 is 0 Å². The molecule has 3 rings (SSSR count). The fraction of sp³-hybridized carbons (Fsp3) is 0.0667. The summed E-state index contributed by atoms with van der Waals surface area (Å²) in [5.41, 5.74) is -0.605. The Bertz CT molecular complexity index is 961. The van der Waals surface area contributed by atoms with E-state index in [1.54, 1.807) is 12.3 Å². The Morgan fingerprint density at radius 1 is 1.27 bits per heavy atom. The van der Waals surface area contributed by atoms with Crippen LogP contribution in [-0.2, 0) is 6.54 Å². The van der Waals surface area contributed by atoms with Crippen LogP contribution in [0.1, 0.15) is 11.5 Å². The second kappa shape index (κ2) is 5.54. The van der Waals surface area contributed by atoms with E-state index in [4.69, 9.17) is 9.68 Å². The monoisotopic (exact) mass is 294 g/mol. The van der Waals surface area contributed by atoms with E-state index < -0.39 is 11.2 Å². The molecule has 0 atom stereocenters. The highest BCUT2D eigenvalue weighted by Crippen LogP contribution is 2.19. The number of rotatable bonds is 3. The number of aromatic nitrogens is 3. The lowest BCUT2D eigenvalue weighted by Crippen LogP contribution is -2.31. The fourth-order valence-electron chi connectivity index (χ4n) is 1.97. The molecule has 0 radical (unpaired) electrons. The molecule has 7 heteroatoms. The molecule has 0 aliphatic rings. The molecule has 0 unspecified atom stereocenters. The van der Waals surface area contributed by atoms with Crippen molar-refractivity contribution in [3.63, 3.8) is 0 Å². The molecular formula is C15H10N4O3. The summed E-state index contributed by atoms with van der Waals surface area (Å²) in [6.07, 6.45) is 2.75. The maximum atomic E-state index is 11.7. The molecule has 7 nitrogen and oxygen atoms in total. The molecule has 2 heterocycles. The van der Waals surface area contributed by atoms with E-state index >= 15 is 0 Å². The topological polar surface area (TPSA) is 105 Å². The summed E-state index contributed by atoms with van der Waals surface area (Å²) < 4.78 is 6.75. The maximum absolute atomic E-state index is 11.7. The Kier molecular flexibility index (Phi) is 3.42. The molecule has 22 heavy (non-hydrogen) atoms. The normalized spacial score (nSPS) is 10.3. The van der Waals surface area contributed by atoms with E-state index in [-0.39, 0.29) is 12.1 Å². The van der Waals surface area contributed by atoms with Crippen LogP contribution in [0.5, 0.6) is 0 Å². The Balaban J connectivity index is 1.92. The molecule has 1 N–H and O–H groups in total. The van der Waals surface area contributed by atoms with Crippen molar-refractivity contribution in [1.29, 1.82) is 5.26 Å². The summed E-state index contributed by atoms with van der Waals surface area (Å²) in [6.45, 7) is 0.0249. The smallest absolute Gasteiger partial charge is 0.328 e. The number of oxazole rings is 1. The second-order valence-electron chi connectivity index (χ2n) is 4.53. The van der Waals surface area contributed by atoms with Crippen LogP contribution in [-0.4, -0.2) is 14.5 Å². The summed E-state index contributed by atoms with van der Waals surface area (Å²) in [4.78, 5) is 29.2. The van der Waals surface area contributed by atoms with Gasteiger partial charge in [-0.15, -0.1) is 0 Å². The average molecular weight is 294 g/mol. The van der Waals surface area contributed by atoms with Gasteiger partial charge in [0.1, 0.15) is 18.2 Å². The Hall–Kier alpha value is -3.40. The van der Waals surface area contributed by atoms with Gasteiger partial charge in [-0.2, -0.15) is 5.26 Å². The zero-order valence-corrected chi connectivity index (χ0v) is 11.3. The average Bonchev–Trinajstić information content (AvgIpc) is 2.99. The molecule has 0 amide bonds. The van der Waals surface area contributed by atoms with Crippen molar-refractivity contribution in [1.82, 2.24) is 14.5 Å². The first-order chi connectivity index (χ1) is 10.7. The van der Waals surface area contributed by atoms with Gasteiger partial charge in [0.2, 0.25) is 5.89 Å². The van der Waals surface area contributed by atoms with Gasteiger partial charge in [-0.25, -0.2) is 9.78 Å². The lowest BCUT2D eigenvalue weighted by molar-refractivity contribution is 0.481. The van der Waals surface area contributed by atoms with Gasteiger partial charge >= 0.3 is 5.69 Å². The largest absolute Gasteiger partial charge is 0.439 e. The second-order valence-corrected chi connectivity index (χ2v) is 4.53. The molecule has 3 aromatic rings. The Morgan fingerprint density at radius 3 is 2.77 bits per heavy atom. The fourth-order valence-corrected chi connectivity index (χ4v) is 1.97. The number of nitrogens with zero attached hydrogens (tertiary/aromatic N) is 3. The zero-order valence-electron chi connectivity index (χ0n) is 11.3. The molecule has 0 aliphatic heterocycles. The van der Waals surface area contributed by atoms with Crippen LogP contribution in [0.2, 0.25) is 0 Å². The van der Waals surface area contributed by atoms with E-state index in [1.165, 1.54) is 10.8 Å². The number of nitrogens with one attached hydrogen (secondary N) is 1. The van der Waals surface area contributed by atoms with Crippen molar-refractivity contribution in [2.75, 3.05) is 0 Å². The van der Waals surface area contributed by atoms with Crippen molar-refractivity contribution in [3.8, 4) is 17.4 Å². The van der Waals surface area contributed by atoms with Crippen LogP contribution in [0.3, 0.4) is 0 Å². The third-order valence-corrected chi connectivity index (χ3v) is 3.05. The first kappa shape index (κ1) is 13.6. The number of H-pyrrole nitrogens is 1. The van der Waals surface area contributed by atoms with Gasteiger partial charge in [-0.3, -0.25) is 14.3 Å². The zero-order chi connectivity index (χ0) is 15.5. The van der Waals surface area contributed by atoms with E-state index in [0.717, 1.165) is 5.56 Å². The van der Waals surface area contributed by atoms with Gasteiger partial charge in [0.05, 0.1) is 6.20 Å². The van der Waals surface area contributed by atoms with E-state index in [0.29, 0.717) is 11.7 Å². The van der Waals surface area contributed by atoms with Crippen LogP contribution in [0.15, 0.2) is 56.7 Å². The van der Waals surface area contributed by atoms with Crippen molar-refractivity contribution in [2.45, 2.75) is 6.54 Å². The maximum Gasteiger partial charge on any atom is 0.328 e. The number of hydrogen-bond acceptors (Lipinski definition) is 5. The molecule has 0 aliphatic carbocycles. The number of nitriles is 1. The highest BCUT2D eigenvalue weighted by molar-refractivity contribution is 5.55. The summed E-state index contributed by atoms with van der Waals surface area (Å²) in [5.74, 6) is 0.880. The molecule has 2 aromatic heterocycles. The third-order valence-electron chi connectivity index (χ3n) is 3.05. The van der Waals surface area contributed by atoms with Gasteiger partial charge in [0, 0.05) is 11.8 Å². The standard InChI is InChI=1S/C15H10N4O3/c16-6-11-8-19(15(21)18-14(11)20)9-13-17-7-12(22-13)10-4-2-1-3-5-10/h1-5,7-8H,9H2,(H,18,20,21). The summed E-state index contributed by atoms with van der Waals surface area (Å²) in [7, 11) is 0. The predicted molar refractivity (Wildman–Crippen MR) is 77.1 cm³/mol. The summed E-state index contributed by atoms with van der Waals surface area (Å²) >= 11 is 0. The van der Waals surface area contributed by atoms with Crippen molar-refractivity contribution < 1.29 is 4.42 Å². The van der Waals surface area contributed by atoms with E-state index in [1.807, 2.05) is 30.3 Å². The molecule has 0 saturated carbocycles. The minimum Gasteiger partial charge on any atom is -0.439 e. The van der Waals surface area contributed by atoms with Crippen LogP contribution in [0.25, 0.3) is 11.3 Å². The Morgan fingerprint density at radius 2 is 2.05 bits per heavy atom. The molecule has 0 saturated heterocycles. The molecular weight excluding hydrogens is 284 g/mol. The minimum absolute atomic E-state index is 0.0249. The summed E-state index contributed by atoms with van der Waals surface area (Å²) in [5, 5.41) is 8.83. The van der Waals surface area contributed by atoms with Crippen molar-refractivity contribution in [2.24, 2.45) is 0 Å². The van der Waals surface area contributed by atoms with Gasteiger partial charge in [-0.1, -0.05) is 30.3 Å². The van der Waals surface area contributed by atoms with Crippen molar-refractivity contribution >= 4 is 0 Å². The highest BCUT2D eigenvalue weighted by atomic mass is 16.4. The van der Waals surface area contributed by atoms with Crippen LogP contribution in [0.4, 0.5) is 0 Å². The Labute approximate surface area is 124 Å². The predicted octanol–water partition coefficient (Wildman–Crippen LogP) is 1.11.